The molecule has 0 bridgehead atoms. The van der Waals surface area contributed by atoms with Gasteiger partial charge in [0.05, 0.1) is 16.9 Å². The van der Waals surface area contributed by atoms with Crippen molar-refractivity contribution in [2.24, 2.45) is 0 Å². The fraction of sp³-hybridized carbons (Fsp3) is 0.182. The van der Waals surface area contributed by atoms with Gasteiger partial charge in [-0.2, -0.15) is 5.10 Å². The van der Waals surface area contributed by atoms with Crippen LogP contribution in [0.5, 0.6) is 0 Å². The smallest absolute Gasteiger partial charge is 0.0710 e. The second-order valence-corrected chi connectivity index (χ2v) is 4.27. The number of benzene rings is 1. The molecule has 0 aliphatic rings. The van der Waals surface area contributed by atoms with Gasteiger partial charge in [0.1, 0.15) is 0 Å². The molecule has 1 heterocycles. The van der Waals surface area contributed by atoms with Crippen molar-refractivity contribution < 1.29 is 0 Å². The lowest BCUT2D eigenvalue weighted by atomic mass is 10.1. The van der Waals surface area contributed by atoms with E-state index in [0.717, 1.165) is 23.4 Å². The van der Waals surface area contributed by atoms with Gasteiger partial charge in [-0.25, -0.2) is 0 Å². The number of nitrogens with one attached hydrogen (secondary N) is 2. The maximum atomic E-state index is 6.13. The number of H-pyrrole nitrogens is 1. The van der Waals surface area contributed by atoms with Crippen LogP contribution in [0.15, 0.2) is 24.4 Å². The lowest BCUT2D eigenvalue weighted by molar-refractivity contribution is 0.820. The second-order valence-electron chi connectivity index (χ2n) is 3.42. The molecular formula is C11H11Cl2N3. The van der Waals surface area contributed by atoms with Crippen LogP contribution in [-0.2, 0) is 6.54 Å². The van der Waals surface area contributed by atoms with Gasteiger partial charge >= 0.3 is 0 Å². The van der Waals surface area contributed by atoms with E-state index in [1.54, 1.807) is 18.3 Å². The van der Waals surface area contributed by atoms with Crippen LogP contribution < -0.4 is 5.32 Å². The molecule has 0 radical (unpaired) electrons. The first kappa shape index (κ1) is 11.5. The summed E-state index contributed by atoms with van der Waals surface area (Å²) in [6.45, 7) is 0.731. The quantitative estimate of drug-likeness (QED) is 0.885. The normalized spacial score (nSPS) is 10.7. The van der Waals surface area contributed by atoms with Crippen LogP contribution in [0.4, 0.5) is 0 Å². The van der Waals surface area contributed by atoms with Gasteiger partial charge in [-0.3, -0.25) is 5.10 Å². The fourth-order valence-electron chi connectivity index (χ4n) is 1.56. The SMILES string of the molecule is CNCc1cn[nH]c1-c1cc(Cl)ccc1Cl. The van der Waals surface area contributed by atoms with Gasteiger partial charge in [0, 0.05) is 22.7 Å². The third-order valence-electron chi connectivity index (χ3n) is 2.28. The highest BCUT2D eigenvalue weighted by atomic mass is 35.5. The monoisotopic (exact) mass is 255 g/mol. The molecule has 0 amide bonds. The summed E-state index contributed by atoms with van der Waals surface area (Å²) in [5.74, 6) is 0. The highest BCUT2D eigenvalue weighted by molar-refractivity contribution is 6.35. The summed E-state index contributed by atoms with van der Waals surface area (Å²) in [6, 6.07) is 5.38. The van der Waals surface area contributed by atoms with Crippen molar-refractivity contribution in [1.82, 2.24) is 15.5 Å². The summed E-state index contributed by atoms with van der Waals surface area (Å²) in [6.07, 6.45) is 1.78. The van der Waals surface area contributed by atoms with Gasteiger partial charge in [-0.15, -0.1) is 0 Å². The molecule has 1 aromatic heterocycles. The van der Waals surface area contributed by atoms with Gasteiger partial charge < -0.3 is 5.32 Å². The van der Waals surface area contributed by atoms with E-state index in [2.05, 4.69) is 15.5 Å². The van der Waals surface area contributed by atoms with Gasteiger partial charge in [-0.05, 0) is 25.2 Å². The minimum atomic E-state index is 0.657. The van der Waals surface area contributed by atoms with Gasteiger partial charge in [0.25, 0.3) is 0 Å². The molecule has 16 heavy (non-hydrogen) atoms. The molecule has 2 aromatic rings. The zero-order chi connectivity index (χ0) is 11.5. The minimum absolute atomic E-state index is 0.657. The predicted octanol–water partition coefficient (Wildman–Crippen LogP) is 3.10. The number of aromatic nitrogens is 2. The molecule has 0 fully saturated rings. The van der Waals surface area contributed by atoms with E-state index in [9.17, 15) is 0 Å². The van der Waals surface area contributed by atoms with Gasteiger partial charge in [-0.1, -0.05) is 23.2 Å². The lowest BCUT2D eigenvalue weighted by Crippen LogP contribution is -2.05. The minimum Gasteiger partial charge on any atom is -0.316 e. The second kappa shape index (κ2) is 4.87. The Morgan fingerprint density at radius 2 is 2.19 bits per heavy atom. The van der Waals surface area contributed by atoms with Gasteiger partial charge in [0.15, 0.2) is 0 Å². The molecule has 0 aliphatic heterocycles. The van der Waals surface area contributed by atoms with Crippen LogP contribution in [-0.4, -0.2) is 17.2 Å². The molecule has 2 N–H and O–H groups in total. The highest BCUT2D eigenvalue weighted by Gasteiger charge is 2.10. The third-order valence-corrected chi connectivity index (χ3v) is 2.85. The van der Waals surface area contributed by atoms with Crippen molar-refractivity contribution in [1.29, 1.82) is 0 Å². The van der Waals surface area contributed by atoms with Crippen LogP contribution in [0.25, 0.3) is 11.3 Å². The van der Waals surface area contributed by atoms with Crippen LogP contribution in [0.3, 0.4) is 0 Å². The van der Waals surface area contributed by atoms with E-state index in [-0.39, 0.29) is 0 Å². The summed E-state index contributed by atoms with van der Waals surface area (Å²) in [7, 11) is 1.89. The zero-order valence-corrected chi connectivity index (χ0v) is 10.2. The molecule has 84 valence electrons. The van der Waals surface area contributed by atoms with E-state index in [1.165, 1.54) is 0 Å². The summed E-state index contributed by atoms with van der Waals surface area (Å²) in [5, 5.41) is 11.4. The maximum Gasteiger partial charge on any atom is 0.0710 e. The molecular weight excluding hydrogens is 245 g/mol. The van der Waals surface area contributed by atoms with Crippen LogP contribution in [0.1, 0.15) is 5.56 Å². The van der Waals surface area contributed by atoms with E-state index in [0.29, 0.717) is 10.0 Å². The predicted molar refractivity (Wildman–Crippen MR) is 66.8 cm³/mol. The molecule has 0 atom stereocenters. The van der Waals surface area contributed by atoms with E-state index in [1.807, 2.05) is 13.1 Å². The summed E-state index contributed by atoms with van der Waals surface area (Å²) >= 11 is 12.1. The van der Waals surface area contributed by atoms with Crippen LogP contribution >= 0.6 is 23.2 Å². The molecule has 0 aliphatic carbocycles. The zero-order valence-electron chi connectivity index (χ0n) is 8.72. The number of nitrogens with zero attached hydrogens (tertiary/aromatic N) is 1. The van der Waals surface area contributed by atoms with E-state index >= 15 is 0 Å². The van der Waals surface area contributed by atoms with Crippen molar-refractivity contribution in [3.8, 4) is 11.3 Å². The Bertz CT molecular complexity index is 494. The van der Waals surface area contributed by atoms with E-state index < -0.39 is 0 Å². The number of halogens is 2. The van der Waals surface area contributed by atoms with Crippen molar-refractivity contribution >= 4 is 23.2 Å². The standard InChI is InChI=1S/C11H11Cl2N3/c1-14-5-7-6-15-16-11(7)9-4-8(12)2-3-10(9)13/h2-4,6,14H,5H2,1H3,(H,15,16). The van der Waals surface area contributed by atoms with Crippen molar-refractivity contribution in [3.63, 3.8) is 0 Å². The summed E-state index contributed by atoms with van der Waals surface area (Å²) in [4.78, 5) is 0. The first-order valence-corrected chi connectivity index (χ1v) is 5.60. The Hall–Kier alpha value is -1.03. The Labute approximate surface area is 104 Å². The number of aromatic amines is 1. The van der Waals surface area contributed by atoms with E-state index in [4.69, 9.17) is 23.2 Å². The topological polar surface area (TPSA) is 40.7 Å². The molecule has 0 unspecified atom stereocenters. The molecule has 0 saturated heterocycles. The Morgan fingerprint density at radius 3 is 2.94 bits per heavy atom. The molecule has 1 aromatic carbocycles. The number of hydrogen-bond donors (Lipinski definition) is 2. The molecule has 3 nitrogen and oxygen atoms in total. The maximum absolute atomic E-state index is 6.13. The van der Waals surface area contributed by atoms with Gasteiger partial charge in [0.2, 0.25) is 0 Å². The average molecular weight is 256 g/mol. The highest BCUT2D eigenvalue weighted by Crippen LogP contribution is 2.31. The van der Waals surface area contributed by atoms with Crippen LogP contribution in [0.2, 0.25) is 10.0 Å². The molecule has 5 heteroatoms. The van der Waals surface area contributed by atoms with Crippen molar-refractivity contribution in [2.45, 2.75) is 6.54 Å². The van der Waals surface area contributed by atoms with Crippen molar-refractivity contribution in [2.75, 3.05) is 7.05 Å². The Kier molecular flexibility index (Phi) is 3.49. The third kappa shape index (κ3) is 2.21. The summed E-state index contributed by atoms with van der Waals surface area (Å²) < 4.78 is 0. The molecule has 0 saturated carbocycles. The first-order chi connectivity index (χ1) is 7.72. The fourth-order valence-corrected chi connectivity index (χ4v) is 1.94. The molecule has 2 rings (SSSR count). The Morgan fingerprint density at radius 1 is 1.38 bits per heavy atom. The molecule has 0 spiro atoms. The number of rotatable bonds is 3. The summed E-state index contributed by atoms with van der Waals surface area (Å²) in [5.41, 5.74) is 2.84. The lowest BCUT2D eigenvalue weighted by Gasteiger charge is -2.05. The largest absolute Gasteiger partial charge is 0.316 e. The van der Waals surface area contributed by atoms with Crippen LogP contribution in [0, 0.1) is 0 Å². The Balaban J connectivity index is 2.49. The average Bonchev–Trinajstić information content (AvgIpc) is 2.70. The number of hydrogen-bond acceptors (Lipinski definition) is 2. The first-order valence-electron chi connectivity index (χ1n) is 4.84. The van der Waals surface area contributed by atoms with Crippen molar-refractivity contribution in [3.05, 3.63) is 40.0 Å².